The first kappa shape index (κ1) is 14.6. The Morgan fingerprint density at radius 3 is 2.75 bits per heavy atom. The summed E-state index contributed by atoms with van der Waals surface area (Å²) in [5.41, 5.74) is 0.0570. The zero-order valence-corrected chi connectivity index (χ0v) is 12.8. The monoisotopic (exact) mass is 294 g/mol. The summed E-state index contributed by atoms with van der Waals surface area (Å²) in [5, 5.41) is 6.48. The summed E-state index contributed by atoms with van der Waals surface area (Å²) in [6.45, 7) is 6.67. The zero-order valence-electron chi connectivity index (χ0n) is 12.0. The van der Waals surface area contributed by atoms with Crippen LogP contribution in [0.15, 0.2) is 22.7 Å². The maximum Gasteiger partial charge on any atom is 0.261 e. The van der Waals surface area contributed by atoms with E-state index in [9.17, 15) is 4.79 Å². The Balaban J connectivity index is 1.96. The highest BCUT2D eigenvalue weighted by molar-refractivity contribution is 7.14. The second kappa shape index (κ2) is 5.66. The van der Waals surface area contributed by atoms with Gasteiger partial charge in [0.05, 0.1) is 18.5 Å². The van der Waals surface area contributed by atoms with Crippen LogP contribution in [0.3, 0.4) is 0 Å². The molecule has 0 bridgehead atoms. The van der Waals surface area contributed by atoms with Crippen LogP contribution in [0.25, 0.3) is 0 Å². The molecule has 2 aromatic rings. The van der Waals surface area contributed by atoms with Gasteiger partial charge in [0.15, 0.2) is 5.76 Å². The first-order valence-corrected chi connectivity index (χ1v) is 7.10. The molecule has 2 rings (SSSR count). The van der Waals surface area contributed by atoms with Crippen molar-refractivity contribution in [2.45, 2.75) is 32.7 Å². The van der Waals surface area contributed by atoms with E-state index in [1.165, 1.54) is 23.3 Å². The first-order chi connectivity index (χ1) is 9.40. The Kier molecular flexibility index (Phi) is 4.13. The summed E-state index contributed by atoms with van der Waals surface area (Å²) in [6.07, 6.45) is 0. The predicted molar refractivity (Wildman–Crippen MR) is 77.2 cm³/mol. The molecule has 0 aliphatic heterocycles. The van der Waals surface area contributed by atoms with Crippen molar-refractivity contribution in [3.8, 4) is 5.88 Å². The van der Waals surface area contributed by atoms with Crippen LogP contribution in [0.1, 0.15) is 41.1 Å². The molecule has 20 heavy (non-hydrogen) atoms. The Hall–Kier alpha value is -1.82. The molecule has 1 amide bonds. The van der Waals surface area contributed by atoms with Crippen LogP contribution in [0.2, 0.25) is 0 Å². The number of aromatic nitrogens is 1. The molecule has 0 unspecified atom stereocenters. The number of amides is 1. The number of nitrogens with one attached hydrogen (secondary N) is 1. The molecule has 0 saturated heterocycles. The van der Waals surface area contributed by atoms with Gasteiger partial charge in [0.1, 0.15) is 0 Å². The maximum absolute atomic E-state index is 12.0. The number of carbonyl (C=O) groups excluding carboxylic acids is 1. The van der Waals surface area contributed by atoms with E-state index in [0.29, 0.717) is 16.5 Å². The molecule has 6 heteroatoms. The molecule has 0 radical (unpaired) electrons. The highest BCUT2D eigenvalue weighted by Gasteiger charge is 2.18. The van der Waals surface area contributed by atoms with Gasteiger partial charge in [0, 0.05) is 10.9 Å². The van der Waals surface area contributed by atoms with Crippen molar-refractivity contribution in [2.24, 2.45) is 0 Å². The van der Waals surface area contributed by atoms with E-state index >= 15 is 0 Å². The van der Waals surface area contributed by atoms with Crippen LogP contribution in [0, 0.1) is 0 Å². The third kappa shape index (κ3) is 3.39. The Bertz CT molecular complexity index is 596. The third-order valence-electron chi connectivity index (χ3n) is 2.74. The molecule has 108 valence electrons. The van der Waals surface area contributed by atoms with E-state index in [1.54, 1.807) is 6.07 Å². The van der Waals surface area contributed by atoms with Crippen LogP contribution in [0.5, 0.6) is 5.88 Å². The fourth-order valence-corrected chi connectivity index (χ4v) is 2.57. The van der Waals surface area contributed by atoms with Gasteiger partial charge in [-0.15, -0.1) is 11.3 Å². The molecule has 0 atom stereocenters. The van der Waals surface area contributed by atoms with Crippen molar-refractivity contribution in [1.82, 2.24) is 10.5 Å². The largest absolute Gasteiger partial charge is 0.479 e. The number of hydrogen-bond donors (Lipinski definition) is 1. The van der Waals surface area contributed by atoms with E-state index in [0.717, 1.165) is 0 Å². The lowest BCUT2D eigenvalue weighted by molar-refractivity contribution is 0.0951. The molecule has 1 N–H and O–H groups in total. The van der Waals surface area contributed by atoms with Gasteiger partial charge in [0.2, 0.25) is 0 Å². The minimum absolute atomic E-state index is 0.0570. The lowest BCUT2D eigenvalue weighted by Gasteiger charge is -2.15. The Morgan fingerprint density at radius 1 is 1.45 bits per heavy atom. The van der Waals surface area contributed by atoms with Crippen molar-refractivity contribution >= 4 is 17.2 Å². The van der Waals surface area contributed by atoms with Crippen LogP contribution < -0.4 is 10.1 Å². The smallest absolute Gasteiger partial charge is 0.261 e. The van der Waals surface area contributed by atoms with E-state index < -0.39 is 0 Å². The van der Waals surface area contributed by atoms with Crippen LogP contribution >= 0.6 is 11.3 Å². The van der Waals surface area contributed by atoms with Gasteiger partial charge in [-0.1, -0.05) is 20.8 Å². The quantitative estimate of drug-likeness (QED) is 0.941. The van der Waals surface area contributed by atoms with E-state index in [4.69, 9.17) is 9.26 Å². The van der Waals surface area contributed by atoms with Gasteiger partial charge in [-0.3, -0.25) is 4.79 Å². The molecule has 0 fully saturated rings. The lowest BCUT2D eigenvalue weighted by Crippen LogP contribution is -2.21. The average molecular weight is 294 g/mol. The summed E-state index contributed by atoms with van der Waals surface area (Å²) in [6, 6.07) is 5.49. The molecular formula is C14H18N2O3S. The molecule has 0 aromatic carbocycles. The van der Waals surface area contributed by atoms with Gasteiger partial charge in [-0.05, 0) is 22.7 Å². The number of ether oxygens (including phenoxy) is 1. The highest BCUT2D eigenvalue weighted by Crippen LogP contribution is 2.29. The second-order valence-corrected chi connectivity index (χ2v) is 6.52. The van der Waals surface area contributed by atoms with Crippen molar-refractivity contribution < 1.29 is 14.1 Å². The van der Waals surface area contributed by atoms with Crippen molar-refractivity contribution in [2.75, 3.05) is 7.11 Å². The zero-order chi connectivity index (χ0) is 14.8. The fourth-order valence-electron chi connectivity index (χ4n) is 1.59. The normalized spacial score (nSPS) is 11.4. The summed E-state index contributed by atoms with van der Waals surface area (Å²) < 4.78 is 9.93. The van der Waals surface area contributed by atoms with Gasteiger partial charge in [0.25, 0.3) is 11.8 Å². The SMILES string of the molecule is COc1cc(CNC(=O)c2ccc(C(C)(C)C)s2)on1. The minimum atomic E-state index is -0.110. The maximum atomic E-state index is 12.0. The van der Waals surface area contributed by atoms with E-state index in [1.807, 2.05) is 12.1 Å². The highest BCUT2D eigenvalue weighted by atomic mass is 32.1. The van der Waals surface area contributed by atoms with Crippen LogP contribution in [-0.4, -0.2) is 18.2 Å². The lowest BCUT2D eigenvalue weighted by atomic mass is 9.95. The molecular weight excluding hydrogens is 276 g/mol. The molecule has 0 aliphatic rings. The minimum Gasteiger partial charge on any atom is -0.479 e. The summed E-state index contributed by atoms with van der Waals surface area (Å²) in [5.74, 6) is 0.851. The van der Waals surface area contributed by atoms with Gasteiger partial charge < -0.3 is 14.6 Å². The van der Waals surface area contributed by atoms with Gasteiger partial charge >= 0.3 is 0 Å². The van der Waals surface area contributed by atoms with Crippen molar-refractivity contribution in [1.29, 1.82) is 0 Å². The molecule has 0 aliphatic carbocycles. The molecule has 0 spiro atoms. The second-order valence-electron chi connectivity index (χ2n) is 5.43. The molecule has 2 aromatic heterocycles. The molecule has 0 saturated carbocycles. The number of thiophene rings is 1. The topological polar surface area (TPSA) is 64.4 Å². The van der Waals surface area contributed by atoms with Crippen LogP contribution in [0.4, 0.5) is 0 Å². The van der Waals surface area contributed by atoms with Gasteiger partial charge in [-0.2, -0.15) is 0 Å². The summed E-state index contributed by atoms with van der Waals surface area (Å²) >= 11 is 1.51. The molecule has 5 nitrogen and oxygen atoms in total. The number of hydrogen-bond acceptors (Lipinski definition) is 5. The standard InChI is InChI=1S/C14H18N2O3S/c1-14(2,3)11-6-5-10(20-11)13(17)15-8-9-7-12(18-4)16-19-9/h5-7H,8H2,1-4H3,(H,15,17). The van der Waals surface area contributed by atoms with Crippen LogP contribution in [-0.2, 0) is 12.0 Å². The summed E-state index contributed by atoms with van der Waals surface area (Å²) in [7, 11) is 1.51. The number of nitrogens with zero attached hydrogens (tertiary/aromatic N) is 1. The number of rotatable bonds is 4. The van der Waals surface area contributed by atoms with E-state index in [2.05, 4.69) is 31.2 Å². The first-order valence-electron chi connectivity index (χ1n) is 6.28. The average Bonchev–Trinajstić information content (AvgIpc) is 3.04. The number of carbonyl (C=O) groups is 1. The van der Waals surface area contributed by atoms with Crippen molar-refractivity contribution in [3.05, 3.63) is 33.7 Å². The summed E-state index contributed by atoms with van der Waals surface area (Å²) in [4.78, 5) is 13.9. The van der Waals surface area contributed by atoms with E-state index in [-0.39, 0.29) is 17.9 Å². The Morgan fingerprint density at radius 2 is 2.20 bits per heavy atom. The number of methoxy groups -OCH3 is 1. The van der Waals surface area contributed by atoms with Crippen molar-refractivity contribution in [3.63, 3.8) is 0 Å². The predicted octanol–water partition coefficient (Wildman–Crippen LogP) is 2.97. The third-order valence-corrected chi connectivity index (χ3v) is 4.25. The molecule has 2 heterocycles. The van der Waals surface area contributed by atoms with Gasteiger partial charge in [-0.25, -0.2) is 0 Å². The Labute approximate surface area is 121 Å². The fraction of sp³-hybridized carbons (Fsp3) is 0.429.